The summed E-state index contributed by atoms with van der Waals surface area (Å²) in [5.74, 6) is -1.32. The first-order valence-corrected chi connectivity index (χ1v) is 34.5. The third kappa shape index (κ3) is 6.19. The molecule has 1 aliphatic carbocycles. The fourth-order valence-electron chi connectivity index (χ4n) is 5.13. The van der Waals surface area contributed by atoms with Crippen LogP contribution in [0.5, 0.6) is 0 Å². The molecule has 0 spiro atoms. The van der Waals surface area contributed by atoms with Gasteiger partial charge < -0.3 is 0 Å². The first kappa shape index (κ1) is 26.7. The maximum absolute atomic E-state index is 7.64. The predicted octanol–water partition coefficient (Wildman–Crippen LogP) is 8.29. The molecule has 0 radical (unpaired) electrons. The van der Waals surface area contributed by atoms with Crippen molar-refractivity contribution in [3.63, 3.8) is 0 Å². The van der Waals surface area contributed by atoms with Gasteiger partial charge in [-0.3, -0.25) is 0 Å². The normalized spacial score (nSPS) is 14.2. The van der Waals surface area contributed by atoms with Crippen LogP contribution in [0.3, 0.4) is 0 Å². The van der Waals surface area contributed by atoms with E-state index in [-0.39, 0.29) is 0 Å². The Kier molecular flexibility index (Phi) is 10.1. The average molecular weight is 658 g/mol. The fraction of sp³-hybridized carbons (Fsp3) is 0.556. The van der Waals surface area contributed by atoms with Crippen LogP contribution in [0.25, 0.3) is 11.1 Å². The van der Waals surface area contributed by atoms with Crippen LogP contribution in [0.15, 0.2) is 42.5 Å². The average Bonchev–Trinajstić information content (AvgIpc) is 3.16. The van der Waals surface area contributed by atoms with Gasteiger partial charge in [0.15, 0.2) is 0 Å². The summed E-state index contributed by atoms with van der Waals surface area (Å²) in [6, 6.07) is 15.4. The number of hydrogen-bond acceptors (Lipinski definition) is 1. The fourth-order valence-corrected chi connectivity index (χ4v) is 32.3. The van der Waals surface area contributed by atoms with Crippen molar-refractivity contribution in [1.82, 2.24) is 3.30 Å². The summed E-state index contributed by atoms with van der Waals surface area (Å²) in [5, 5.41) is 0. The molecule has 1 nitrogen and oxygen atoms in total. The van der Waals surface area contributed by atoms with Gasteiger partial charge in [-0.15, -0.1) is 0 Å². The van der Waals surface area contributed by atoms with Crippen LogP contribution < -0.4 is 6.62 Å². The van der Waals surface area contributed by atoms with Crippen molar-refractivity contribution in [1.29, 1.82) is 0 Å². The molecule has 0 unspecified atom stereocenters. The SMILES string of the molecule is CCCCCCCCCCCC[NH][Hf]([Cl])([Cl])([c]1cccc2c1Cc1ccccc1-2)[SiH](C)C. The van der Waals surface area contributed by atoms with Crippen LogP contribution in [0, 0.1) is 0 Å². The van der Waals surface area contributed by atoms with Gasteiger partial charge in [-0.2, -0.15) is 0 Å². The van der Waals surface area contributed by atoms with Gasteiger partial charge in [-0.05, 0) is 0 Å². The molecular formula is C27H42Cl2HfNSi. The topological polar surface area (TPSA) is 12.0 Å². The van der Waals surface area contributed by atoms with Crippen LogP contribution in [0.4, 0.5) is 0 Å². The van der Waals surface area contributed by atoms with E-state index in [2.05, 4.69) is 65.8 Å². The molecule has 2 aromatic rings. The number of fused-ring (bicyclic) bond motifs is 3. The summed E-state index contributed by atoms with van der Waals surface area (Å²) in [6.45, 7) is 7.94. The number of benzene rings is 2. The van der Waals surface area contributed by atoms with Crippen LogP contribution in [-0.4, -0.2) is 12.5 Å². The van der Waals surface area contributed by atoms with Gasteiger partial charge in [0.25, 0.3) is 0 Å². The molecule has 0 atom stereocenters. The van der Waals surface area contributed by atoms with Gasteiger partial charge in [-0.1, -0.05) is 6.92 Å². The van der Waals surface area contributed by atoms with Crippen molar-refractivity contribution in [3.05, 3.63) is 53.6 Å². The van der Waals surface area contributed by atoms with E-state index in [4.69, 9.17) is 17.2 Å². The van der Waals surface area contributed by atoms with E-state index >= 15 is 0 Å². The Hall–Kier alpha value is 0.0670. The molecule has 0 aliphatic heterocycles. The molecule has 0 heterocycles. The van der Waals surface area contributed by atoms with Crippen LogP contribution >= 0.6 is 17.2 Å². The van der Waals surface area contributed by atoms with E-state index in [9.17, 15) is 0 Å². The van der Waals surface area contributed by atoms with E-state index in [1.54, 1.807) is 0 Å². The molecule has 5 heteroatoms. The predicted molar refractivity (Wildman–Crippen MR) is 145 cm³/mol. The van der Waals surface area contributed by atoms with Crippen molar-refractivity contribution < 1.29 is 15.6 Å². The summed E-state index contributed by atoms with van der Waals surface area (Å²) >= 11 is -4.37. The summed E-state index contributed by atoms with van der Waals surface area (Å²) in [4.78, 5) is 0. The Morgan fingerprint density at radius 3 is 2.03 bits per heavy atom. The molecule has 1 aliphatic rings. The molecule has 32 heavy (non-hydrogen) atoms. The van der Waals surface area contributed by atoms with Crippen molar-refractivity contribution in [3.8, 4) is 11.1 Å². The second-order valence-electron chi connectivity index (χ2n) is 10.0. The van der Waals surface area contributed by atoms with Gasteiger partial charge in [0.05, 0.1) is 0 Å². The zero-order valence-corrected chi connectivity index (χ0v) is 26.6. The zero-order valence-electron chi connectivity index (χ0n) is 20.4. The van der Waals surface area contributed by atoms with Gasteiger partial charge in [0.2, 0.25) is 0 Å². The number of unbranched alkanes of at least 4 members (excludes halogenated alkanes) is 9. The van der Waals surface area contributed by atoms with E-state index in [0.29, 0.717) is 0 Å². The van der Waals surface area contributed by atoms with E-state index in [0.717, 1.165) is 13.0 Å². The molecule has 2 aromatic carbocycles. The summed E-state index contributed by atoms with van der Waals surface area (Å²) in [7, 11) is 15.3. The molecule has 177 valence electrons. The van der Waals surface area contributed by atoms with Crippen LogP contribution in [0.1, 0.15) is 82.3 Å². The second kappa shape index (κ2) is 12.2. The molecule has 0 amide bonds. The first-order valence-electron chi connectivity index (χ1n) is 12.9. The molecule has 0 fully saturated rings. The quantitative estimate of drug-likeness (QED) is 0.136. The number of rotatable bonds is 14. The van der Waals surface area contributed by atoms with Crippen molar-refractivity contribution in [2.75, 3.05) is 6.54 Å². The first-order chi connectivity index (χ1) is 15.4. The molecule has 0 saturated heterocycles. The minimum absolute atomic E-state index is 0.959. The maximum atomic E-state index is 7.64. The summed E-state index contributed by atoms with van der Waals surface area (Å²) < 4.78 is 5.18. The van der Waals surface area contributed by atoms with E-state index < -0.39 is 21.6 Å². The van der Waals surface area contributed by atoms with Gasteiger partial charge in [-0.25, -0.2) is 0 Å². The van der Waals surface area contributed by atoms with Crippen LogP contribution in [0.2, 0.25) is 13.1 Å². The molecule has 0 saturated carbocycles. The third-order valence-corrected chi connectivity index (χ3v) is 70.8. The molecule has 0 aromatic heterocycles. The number of nitrogens with one attached hydrogen (secondary N) is 1. The zero-order chi connectivity index (χ0) is 23.1. The molecule has 3 rings (SSSR count). The summed E-state index contributed by atoms with van der Waals surface area (Å²) in [6.07, 6.45) is 14.5. The van der Waals surface area contributed by atoms with Crippen LogP contribution in [-0.2, 0) is 22.0 Å². The monoisotopic (exact) mass is 658 g/mol. The van der Waals surface area contributed by atoms with Crippen molar-refractivity contribution in [2.24, 2.45) is 0 Å². The Morgan fingerprint density at radius 1 is 0.781 bits per heavy atom. The summed E-state index contributed by atoms with van der Waals surface area (Å²) in [5.41, 5.74) is 5.50. The second-order valence-corrected chi connectivity index (χ2v) is 65.6. The molecule has 0 bridgehead atoms. The number of hydrogen-bond donors (Lipinski definition) is 1. The number of halogens is 2. The minimum atomic E-state index is -4.37. The third-order valence-electron chi connectivity index (χ3n) is 7.34. The Balaban J connectivity index is 1.58. The van der Waals surface area contributed by atoms with Crippen molar-refractivity contribution >= 4 is 26.5 Å². The van der Waals surface area contributed by atoms with Gasteiger partial charge in [0.1, 0.15) is 0 Å². The van der Waals surface area contributed by atoms with Gasteiger partial charge in [0, 0.05) is 0 Å². The molecule has 1 N–H and O–H groups in total. The van der Waals surface area contributed by atoms with Crippen molar-refractivity contribution in [2.45, 2.75) is 90.6 Å². The standard InChI is InChI=1S/C13H9.C12H26N.C2H7Si.2ClH.Hf/c1-3-7-12-10(5-1)9-11-6-2-4-8-13(11)12;1-2-3-4-5-6-7-8-9-10-11-12-13;1-3-2;;;/h1-5,7-8H,9H2;13H,2-12H2,1H3;3H,1-2H3;2*1H;/q;-1;;;;+3/p-2. The Bertz CT molecular complexity index is 884. The Labute approximate surface area is 205 Å². The van der Waals surface area contributed by atoms with E-state index in [1.165, 1.54) is 89.8 Å². The Morgan fingerprint density at radius 2 is 1.38 bits per heavy atom. The van der Waals surface area contributed by atoms with Gasteiger partial charge >= 0.3 is 200 Å². The molecular weight excluding hydrogens is 616 g/mol. The van der Waals surface area contributed by atoms with E-state index in [1.807, 2.05) is 0 Å².